The molecule has 1 heterocycles. The molecule has 3 rings (SSSR count). The van der Waals surface area contributed by atoms with Crippen LogP contribution in [0.4, 0.5) is 0 Å². The summed E-state index contributed by atoms with van der Waals surface area (Å²) in [4.78, 5) is 12.5. The number of hydrogen-bond acceptors (Lipinski definition) is 2. The zero-order chi connectivity index (χ0) is 14.2. The molecule has 0 radical (unpaired) electrons. The van der Waals surface area contributed by atoms with Crippen molar-refractivity contribution in [2.24, 2.45) is 5.92 Å². The molecule has 21 heavy (non-hydrogen) atoms. The van der Waals surface area contributed by atoms with Crippen LogP contribution >= 0.6 is 28.3 Å². The molecule has 1 saturated heterocycles. The third kappa shape index (κ3) is 3.79. The Labute approximate surface area is 140 Å². The van der Waals surface area contributed by atoms with Crippen molar-refractivity contribution in [1.29, 1.82) is 0 Å². The third-order valence-corrected chi connectivity index (χ3v) is 4.98. The highest BCUT2D eigenvalue weighted by molar-refractivity contribution is 9.10. The zero-order valence-corrected chi connectivity index (χ0v) is 14.6. The van der Waals surface area contributed by atoms with E-state index in [0.29, 0.717) is 6.04 Å². The van der Waals surface area contributed by atoms with Gasteiger partial charge in [-0.15, -0.1) is 12.4 Å². The summed E-state index contributed by atoms with van der Waals surface area (Å²) in [5.41, 5.74) is 1.12. The fourth-order valence-corrected chi connectivity index (χ4v) is 3.50. The zero-order valence-electron chi connectivity index (χ0n) is 12.2. The second-order valence-corrected chi connectivity index (χ2v) is 7.07. The van der Waals surface area contributed by atoms with Crippen LogP contribution in [0.2, 0.25) is 0 Å². The van der Waals surface area contributed by atoms with Crippen LogP contribution in [0, 0.1) is 5.92 Å². The molecule has 2 fully saturated rings. The van der Waals surface area contributed by atoms with Gasteiger partial charge in [-0.3, -0.25) is 4.79 Å². The van der Waals surface area contributed by atoms with Crippen LogP contribution in [0.3, 0.4) is 0 Å². The van der Waals surface area contributed by atoms with E-state index in [1.54, 1.807) is 0 Å². The maximum atomic E-state index is 12.5. The number of piperidine rings is 1. The summed E-state index contributed by atoms with van der Waals surface area (Å²) in [6.45, 7) is 3.10. The summed E-state index contributed by atoms with van der Waals surface area (Å²) in [5.74, 6) is 0.395. The molecule has 2 atom stereocenters. The molecule has 1 amide bonds. The van der Waals surface area contributed by atoms with Crippen LogP contribution in [0.1, 0.15) is 38.2 Å². The highest BCUT2D eigenvalue weighted by Crippen LogP contribution is 2.46. The number of rotatable bonds is 3. The quantitative estimate of drug-likeness (QED) is 0.853. The Bertz CT molecular complexity index is 519. The average Bonchev–Trinajstić information content (AvgIpc) is 3.20. The molecule has 0 bridgehead atoms. The van der Waals surface area contributed by atoms with Gasteiger partial charge in [-0.2, -0.15) is 0 Å². The van der Waals surface area contributed by atoms with Crippen molar-refractivity contribution in [2.75, 3.05) is 6.54 Å². The van der Waals surface area contributed by atoms with Gasteiger partial charge in [0.15, 0.2) is 0 Å². The number of amides is 1. The normalized spacial score (nSPS) is 26.6. The number of benzene rings is 1. The van der Waals surface area contributed by atoms with Crippen LogP contribution in [-0.2, 0) is 10.3 Å². The monoisotopic (exact) mass is 372 g/mol. The number of carbonyl (C=O) groups excluding carboxylic acids is 1. The molecule has 2 N–H and O–H groups in total. The molecule has 0 spiro atoms. The van der Waals surface area contributed by atoms with E-state index in [9.17, 15) is 4.79 Å². The van der Waals surface area contributed by atoms with E-state index < -0.39 is 0 Å². The Morgan fingerprint density at radius 2 is 2.19 bits per heavy atom. The van der Waals surface area contributed by atoms with Crippen molar-refractivity contribution in [3.63, 3.8) is 0 Å². The molecule has 0 aromatic heterocycles. The van der Waals surface area contributed by atoms with Gasteiger partial charge in [0.25, 0.3) is 0 Å². The minimum absolute atomic E-state index is 0. The lowest BCUT2D eigenvalue weighted by molar-refractivity contribution is -0.127. The maximum Gasteiger partial charge on any atom is 0.223 e. The third-order valence-electron chi connectivity index (χ3n) is 4.48. The Kier molecular flexibility index (Phi) is 5.33. The number of nitrogens with one attached hydrogen (secondary N) is 2. The second-order valence-electron chi connectivity index (χ2n) is 6.16. The van der Waals surface area contributed by atoms with E-state index >= 15 is 0 Å². The molecule has 5 heteroatoms. The van der Waals surface area contributed by atoms with Crippen LogP contribution in [-0.4, -0.2) is 18.5 Å². The van der Waals surface area contributed by atoms with E-state index in [2.05, 4.69) is 45.6 Å². The van der Waals surface area contributed by atoms with Crippen molar-refractivity contribution in [1.82, 2.24) is 10.6 Å². The topological polar surface area (TPSA) is 41.1 Å². The smallest absolute Gasteiger partial charge is 0.223 e. The molecular formula is C16H22BrClN2O. The predicted octanol–water partition coefficient (Wildman–Crippen LogP) is 3.36. The van der Waals surface area contributed by atoms with Crippen LogP contribution in [0.15, 0.2) is 28.7 Å². The van der Waals surface area contributed by atoms with Crippen molar-refractivity contribution >= 4 is 34.2 Å². The highest BCUT2D eigenvalue weighted by atomic mass is 79.9. The SMILES string of the molecule is C[C@H]1C[C@@H](C(=O)NC2(c3cccc(Br)c3)CC2)CCN1.Cl. The Morgan fingerprint density at radius 3 is 2.81 bits per heavy atom. The minimum Gasteiger partial charge on any atom is -0.346 e. The molecule has 116 valence electrons. The lowest BCUT2D eigenvalue weighted by atomic mass is 9.91. The molecule has 1 aliphatic carbocycles. The summed E-state index contributed by atoms with van der Waals surface area (Å²) in [6, 6.07) is 8.75. The fourth-order valence-electron chi connectivity index (χ4n) is 3.10. The van der Waals surface area contributed by atoms with Gasteiger partial charge < -0.3 is 10.6 Å². The Balaban J connectivity index is 0.00000161. The van der Waals surface area contributed by atoms with Gasteiger partial charge in [-0.05, 0) is 56.8 Å². The van der Waals surface area contributed by atoms with Gasteiger partial charge in [0.2, 0.25) is 5.91 Å². The first-order valence-corrected chi connectivity index (χ1v) is 8.20. The fraction of sp³-hybridized carbons (Fsp3) is 0.562. The van der Waals surface area contributed by atoms with Crippen LogP contribution in [0.5, 0.6) is 0 Å². The van der Waals surface area contributed by atoms with Crippen molar-refractivity contribution < 1.29 is 4.79 Å². The first-order valence-electron chi connectivity index (χ1n) is 7.40. The van der Waals surface area contributed by atoms with Crippen molar-refractivity contribution in [2.45, 2.75) is 44.2 Å². The van der Waals surface area contributed by atoms with E-state index in [0.717, 1.165) is 36.7 Å². The van der Waals surface area contributed by atoms with Gasteiger partial charge in [-0.25, -0.2) is 0 Å². The summed E-state index contributed by atoms with van der Waals surface area (Å²) in [7, 11) is 0. The van der Waals surface area contributed by atoms with Gasteiger partial charge in [0.05, 0.1) is 5.54 Å². The lowest BCUT2D eigenvalue weighted by Gasteiger charge is -2.29. The lowest BCUT2D eigenvalue weighted by Crippen LogP contribution is -2.45. The predicted molar refractivity (Wildman–Crippen MR) is 90.6 cm³/mol. The summed E-state index contributed by atoms with van der Waals surface area (Å²) in [5, 5.41) is 6.71. The van der Waals surface area contributed by atoms with Gasteiger partial charge in [0, 0.05) is 16.4 Å². The summed E-state index contributed by atoms with van der Waals surface area (Å²) in [6.07, 6.45) is 4.00. The first-order chi connectivity index (χ1) is 9.59. The first kappa shape index (κ1) is 16.8. The molecule has 2 aliphatic rings. The summed E-state index contributed by atoms with van der Waals surface area (Å²) >= 11 is 3.51. The van der Waals surface area contributed by atoms with E-state index in [1.807, 2.05) is 12.1 Å². The van der Waals surface area contributed by atoms with Crippen LogP contribution in [0.25, 0.3) is 0 Å². The average molecular weight is 374 g/mol. The van der Waals surface area contributed by atoms with E-state index in [-0.39, 0.29) is 29.8 Å². The van der Waals surface area contributed by atoms with Gasteiger partial charge in [0.1, 0.15) is 0 Å². The molecule has 1 aromatic carbocycles. The molecule has 1 aliphatic heterocycles. The number of halogens is 2. The minimum atomic E-state index is -0.102. The highest BCUT2D eigenvalue weighted by Gasteiger charge is 2.46. The van der Waals surface area contributed by atoms with Gasteiger partial charge in [-0.1, -0.05) is 28.1 Å². The largest absolute Gasteiger partial charge is 0.346 e. The maximum absolute atomic E-state index is 12.5. The molecular weight excluding hydrogens is 352 g/mol. The van der Waals surface area contributed by atoms with Crippen molar-refractivity contribution in [3.05, 3.63) is 34.3 Å². The second kappa shape index (κ2) is 6.67. The summed E-state index contributed by atoms with van der Waals surface area (Å²) < 4.78 is 1.08. The molecule has 3 nitrogen and oxygen atoms in total. The number of hydrogen-bond donors (Lipinski definition) is 2. The van der Waals surface area contributed by atoms with Gasteiger partial charge >= 0.3 is 0 Å². The van der Waals surface area contributed by atoms with Crippen LogP contribution < -0.4 is 10.6 Å². The van der Waals surface area contributed by atoms with E-state index in [1.165, 1.54) is 5.56 Å². The molecule has 1 saturated carbocycles. The molecule has 0 unspecified atom stereocenters. The Morgan fingerprint density at radius 1 is 1.43 bits per heavy atom. The Hall–Kier alpha value is -0.580. The standard InChI is InChI=1S/C16H21BrN2O.ClH/c1-11-9-12(5-8-18-11)15(20)19-16(6-7-16)13-3-2-4-14(17)10-13;/h2-4,10-12,18H,5-9H2,1H3,(H,19,20);1H/t11-,12-;/m0./s1. The van der Waals surface area contributed by atoms with E-state index in [4.69, 9.17) is 0 Å². The molecule has 1 aromatic rings. The van der Waals surface area contributed by atoms with Crippen molar-refractivity contribution in [3.8, 4) is 0 Å². The number of carbonyl (C=O) groups is 1.